The van der Waals surface area contributed by atoms with Gasteiger partial charge in [-0.15, -0.1) is 0 Å². The minimum Gasteiger partial charge on any atom is -0.0654 e. The summed E-state index contributed by atoms with van der Waals surface area (Å²) in [6.07, 6.45) is 49.0. The number of hydrogen-bond donors (Lipinski definition) is 0. The van der Waals surface area contributed by atoms with Gasteiger partial charge in [-0.25, -0.2) is 0 Å². The Kier molecular flexibility index (Phi) is 30.2. The van der Waals surface area contributed by atoms with Crippen molar-refractivity contribution in [3.8, 4) is 11.1 Å². The standard InChI is InChI=1S/C54H94/c1-7-13-19-25-31-39-47-40-37-38-41-48(47)54-52(45-35-29-23-17-11-5)50(43-33-27-21-15-9-3)49(42-32-26-20-14-8-2)51(44-34-28-22-16-10-4)53(54)46-36-30-24-18-12-6/h37-38,40-41H,7-36,39,42-46H2,1-6H3. The van der Waals surface area contributed by atoms with Gasteiger partial charge in [0.1, 0.15) is 0 Å². The van der Waals surface area contributed by atoms with Gasteiger partial charge in [-0.05, 0) is 122 Å². The van der Waals surface area contributed by atoms with Crippen molar-refractivity contribution in [2.75, 3.05) is 0 Å². The molecule has 0 aliphatic carbocycles. The maximum absolute atomic E-state index is 2.58. The van der Waals surface area contributed by atoms with Crippen LogP contribution in [0.25, 0.3) is 11.1 Å². The van der Waals surface area contributed by atoms with E-state index < -0.39 is 0 Å². The highest BCUT2D eigenvalue weighted by Crippen LogP contribution is 2.42. The van der Waals surface area contributed by atoms with Crippen LogP contribution >= 0.6 is 0 Å². The molecule has 0 unspecified atom stereocenters. The number of hydrogen-bond acceptors (Lipinski definition) is 0. The number of aryl methyl sites for hydroxylation is 1. The first kappa shape index (κ1) is 48.6. The fourth-order valence-corrected chi connectivity index (χ4v) is 9.24. The second-order valence-electron chi connectivity index (χ2n) is 17.4. The third-order valence-corrected chi connectivity index (χ3v) is 12.5. The molecule has 0 saturated heterocycles. The quantitative estimate of drug-likeness (QED) is 0.0605. The van der Waals surface area contributed by atoms with Crippen LogP contribution in [0.5, 0.6) is 0 Å². The second kappa shape index (κ2) is 33.6. The fourth-order valence-electron chi connectivity index (χ4n) is 9.24. The van der Waals surface area contributed by atoms with E-state index in [-0.39, 0.29) is 0 Å². The van der Waals surface area contributed by atoms with Gasteiger partial charge in [0.25, 0.3) is 0 Å². The Hall–Kier alpha value is -1.56. The lowest BCUT2D eigenvalue weighted by Gasteiger charge is -2.29. The van der Waals surface area contributed by atoms with Gasteiger partial charge in [0.15, 0.2) is 0 Å². The van der Waals surface area contributed by atoms with Gasteiger partial charge in [-0.1, -0.05) is 220 Å². The zero-order valence-corrected chi connectivity index (χ0v) is 37.8. The minimum atomic E-state index is 1.24. The third-order valence-electron chi connectivity index (χ3n) is 12.5. The van der Waals surface area contributed by atoms with E-state index in [1.54, 1.807) is 16.7 Å². The van der Waals surface area contributed by atoms with Gasteiger partial charge >= 0.3 is 0 Å². The van der Waals surface area contributed by atoms with E-state index in [4.69, 9.17) is 0 Å². The van der Waals surface area contributed by atoms with Crippen molar-refractivity contribution in [1.82, 2.24) is 0 Å². The van der Waals surface area contributed by atoms with Crippen molar-refractivity contribution in [3.63, 3.8) is 0 Å². The summed E-state index contributed by atoms with van der Waals surface area (Å²) in [6.45, 7) is 14.2. The van der Waals surface area contributed by atoms with Gasteiger partial charge < -0.3 is 0 Å². The first-order valence-electron chi connectivity index (χ1n) is 24.9. The summed E-state index contributed by atoms with van der Waals surface area (Å²) in [5, 5.41) is 0. The second-order valence-corrected chi connectivity index (χ2v) is 17.4. The zero-order valence-electron chi connectivity index (χ0n) is 37.8. The summed E-state index contributed by atoms with van der Waals surface area (Å²) < 4.78 is 0. The monoisotopic (exact) mass is 743 g/mol. The molecule has 0 aromatic heterocycles. The molecule has 0 spiro atoms. The Bertz CT molecular complexity index is 1100. The third kappa shape index (κ3) is 19.5. The van der Waals surface area contributed by atoms with Crippen LogP contribution in [-0.2, 0) is 38.5 Å². The van der Waals surface area contributed by atoms with Crippen molar-refractivity contribution in [1.29, 1.82) is 0 Å². The molecule has 0 fully saturated rings. The fraction of sp³-hybridized carbons (Fsp3) is 0.778. The van der Waals surface area contributed by atoms with E-state index in [2.05, 4.69) is 65.8 Å². The maximum atomic E-state index is 2.58. The lowest BCUT2D eigenvalue weighted by atomic mass is 9.75. The largest absolute Gasteiger partial charge is 0.0654 e. The molecule has 0 heteroatoms. The van der Waals surface area contributed by atoms with E-state index in [1.807, 2.05) is 27.8 Å². The molecular formula is C54H94. The van der Waals surface area contributed by atoms with Gasteiger partial charge in [-0.2, -0.15) is 0 Å². The van der Waals surface area contributed by atoms with Crippen LogP contribution < -0.4 is 0 Å². The first-order chi connectivity index (χ1) is 26.7. The predicted molar refractivity (Wildman–Crippen MR) is 247 cm³/mol. The number of benzene rings is 2. The highest BCUT2D eigenvalue weighted by molar-refractivity contribution is 5.78. The Morgan fingerprint density at radius 3 is 0.852 bits per heavy atom. The van der Waals surface area contributed by atoms with Crippen molar-refractivity contribution in [2.24, 2.45) is 0 Å². The Labute approximate surface area is 340 Å². The molecule has 0 atom stereocenters. The van der Waals surface area contributed by atoms with E-state index in [1.165, 1.54) is 231 Å². The molecule has 2 rings (SSSR count). The van der Waals surface area contributed by atoms with E-state index in [0.717, 1.165) is 0 Å². The van der Waals surface area contributed by atoms with E-state index in [0.29, 0.717) is 0 Å². The molecule has 0 saturated carbocycles. The molecule has 0 aliphatic heterocycles. The predicted octanol–water partition coefficient (Wildman–Crippen LogP) is 18.4. The maximum Gasteiger partial charge on any atom is -0.0111 e. The van der Waals surface area contributed by atoms with Gasteiger partial charge in [-0.3, -0.25) is 0 Å². The van der Waals surface area contributed by atoms with Crippen LogP contribution in [0.3, 0.4) is 0 Å². The van der Waals surface area contributed by atoms with Crippen LogP contribution in [0, 0.1) is 0 Å². The van der Waals surface area contributed by atoms with Gasteiger partial charge in [0.2, 0.25) is 0 Å². The lowest BCUT2D eigenvalue weighted by Crippen LogP contribution is -2.14. The summed E-state index contributed by atoms with van der Waals surface area (Å²) in [4.78, 5) is 0. The van der Waals surface area contributed by atoms with E-state index >= 15 is 0 Å². The van der Waals surface area contributed by atoms with Crippen LogP contribution in [-0.4, -0.2) is 0 Å². The minimum absolute atomic E-state index is 1.24. The van der Waals surface area contributed by atoms with Gasteiger partial charge in [0.05, 0.1) is 0 Å². The highest BCUT2D eigenvalue weighted by Gasteiger charge is 2.25. The van der Waals surface area contributed by atoms with Crippen molar-refractivity contribution in [2.45, 2.75) is 273 Å². The average Bonchev–Trinajstić information content (AvgIpc) is 3.18. The summed E-state index contributed by atoms with van der Waals surface area (Å²) in [7, 11) is 0. The van der Waals surface area contributed by atoms with Crippen molar-refractivity contribution < 1.29 is 0 Å². The molecule has 0 amide bonds. The molecule has 0 N–H and O–H groups in total. The molecule has 2 aromatic rings. The number of unbranched alkanes of at least 4 members (excludes halogenated alkanes) is 24. The van der Waals surface area contributed by atoms with Crippen molar-refractivity contribution >= 4 is 0 Å². The molecule has 0 bridgehead atoms. The van der Waals surface area contributed by atoms with Crippen LogP contribution in [0.1, 0.15) is 268 Å². The van der Waals surface area contributed by atoms with E-state index in [9.17, 15) is 0 Å². The topological polar surface area (TPSA) is 0 Å². The van der Waals surface area contributed by atoms with Crippen LogP contribution in [0.2, 0.25) is 0 Å². The molecular weight excluding hydrogens is 649 g/mol. The lowest BCUT2D eigenvalue weighted by molar-refractivity contribution is 0.601. The Morgan fingerprint density at radius 1 is 0.259 bits per heavy atom. The summed E-state index contributed by atoms with van der Waals surface area (Å²) in [6, 6.07) is 9.86. The smallest absolute Gasteiger partial charge is 0.0111 e. The SMILES string of the molecule is CCCCCCCc1ccccc1-c1c(CCCCCCC)c(CCCCCCC)c(CCCCCCC)c(CCCCCCC)c1CCCCCCC. The van der Waals surface area contributed by atoms with Crippen LogP contribution in [0.4, 0.5) is 0 Å². The summed E-state index contributed by atoms with van der Waals surface area (Å²) in [5.41, 5.74) is 14.2. The van der Waals surface area contributed by atoms with Crippen molar-refractivity contribution in [3.05, 3.63) is 57.6 Å². The molecule has 0 radical (unpaired) electrons. The Balaban J connectivity index is 2.88. The average molecular weight is 743 g/mol. The zero-order chi connectivity index (χ0) is 38.9. The first-order valence-corrected chi connectivity index (χ1v) is 24.9. The summed E-state index contributed by atoms with van der Waals surface area (Å²) >= 11 is 0. The molecule has 0 nitrogen and oxygen atoms in total. The number of rotatable bonds is 37. The van der Waals surface area contributed by atoms with Gasteiger partial charge in [0, 0.05) is 0 Å². The summed E-state index contributed by atoms with van der Waals surface area (Å²) in [5.74, 6) is 0. The Morgan fingerprint density at radius 2 is 0.519 bits per heavy atom. The van der Waals surface area contributed by atoms with Crippen LogP contribution in [0.15, 0.2) is 24.3 Å². The molecule has 2 aromatic carbocycles. The normalized spacial score (nSPS) is 11.6. The molecule has 0 aliphatic rings. The molecule has 310 valence electrons. The highest BCUT2D eigenvalue weighted by atomic mass is 14.3. The molecule has 54 heavy (non-hydrogen) atoms. The molecule has 0 heterocycles.